The Bertz CT molecular complexity index is 171. The van der Waals surface area contributed by atoms with Crippen LogP contribution in [-0.4, -0.2) is 37.6 Å². The molecule has 0 aliphatic rings. The van der Waals surface area contributed by atoms with E-state index >= 15 is 0 Å². The minimum atomic E-state index is -0.212. The minimum Gasteiger partial charge on any atom is -0.468 e. The van der Waals surface area contributed by atoms with Crippen LogP contribution >= 0.6 is 11.6 Å². The van der Waals surface area contributed by atoms with Crippen LogP contribution in [0.4, 0.5) is 0 Å². The lowest BCUT2D eigenvalue weighted by Gasteiger charge is -2.17. The van der Waals surface area contributed by atoms with Crippen LogP contribution in [0.15, 0.2) is 11.6 Å². The van der Waals surface area contributed by atoms with Crippen molar-refractivity contribution in [2.24, 2.45) is 0 Å². The second-order valence-corrected chi connectivity index (χ2v) is 2.92. The fourth-order valence-electron chi connectivity index (χ4n) is 0.987. The van der Waals surface area contributed by atoms with Gasteiger partial charge < -0.3 is 4.74 Å². The summed E-state index contributed by atoms with van der Waals surface area (Å²) in [4.78, 5) is 12.9. The van der Waals surface area contributed by atoms with E-state index in [0.717, 1.165) is 13.0 Å². The molecule has 0 atom stereocenters. The molecule has 0 aromatic rings. The zero-order valence-electron chi connectivity index (χ0n) is 8.12. The third-order valence-electron chi connectivity index (χ3n) is 1.57. The van der Waals surface area contributed by atoms with Gasteiger partial charge in [0.05, 0.1) is 13.7 Å². The molecule has 0 fully saturated rings. The molecule has 4 heteroatoms. The number of carbonyl (C=O) groups is 1. The average molecular weight is 206 g/mol. The van der Waals surface area contributed by atoms with E-state index in [0.29, 0.717) is 13.1 Å². The Morgan fingerprint density at radius 3 is 2.77 bits per heavy atom. The molecule has 0 saturated heterocycles. The molecule has 0 aliphatic carbocycles. The summed E-state index contributed by atoms with van der Waals surface area (Å²) in [6.45, 7) is 3.95. The van der Waals surface area contributed by atoms with Gasteiger partial charge in [-0.3, -0.25) is 9.69 Å². The van der Waals surface area contributed by atoms with E-state index in [-0.39, 0.29) is 5.97 Å². The van der Waals surface area contributed by atoms with Crippen LogP contribution in [-0.2, 0) is 9.53 Å². The Labute approximate surface area is 84.3 Å². The summed E-state index contributed by atoms with van der Waals surface area (Å²) in [5.41, 5.74) is 1.46. The molecular formula is C9H16ClNO2. The van der Waals surface area contributed by atoms with Crippen LogP contribution < -0.4 is 0 Å². The van der Waals surface area contributed by atoms with Crippen molar-refractivity contribution in [1.82, 2.24) is 4.90 Å². The van der Waals surface area contributed by atoms with Crippen LogP contribution in [0.1, 0.15) is 13.3 Å². The average Bonchev–Trinajstić information content (AvgIpc) is 2.14. The number of methoxy groups -OCH3 is 1. The summed E-state index contributed by atoms with van der Waals surface area (Å²) in [5, 5.41) is 0. The third kappa shape index (κ3) is 6.61. The lowest BCUT2D eigenvalue weighted by Crippen LogP contribution is -2.31. The molecule has 0 bridgehead atoms. The van der Waals surface area contributed by atoms with Crippen molar-refractivity contribution in [3.8, 4) is 0 Å². The van der Waals surface area contributed by atoms with Crippen molar-refractivity contribution in [2.45, 2.75) is 13.3 Å². The van der Waals surface area contributed by atoms with Gasteiger partial charge in [-0.1, -0.05) is 24.6 Å². The minimum absolute atomic E-state index is 0.212. The van der Waals surface area contributed by atoms with E-state index in [1.165, 1.54) is 12.6 Å². The van der Waals surface area contributed by atoms with Gasteiger partial charge in [0.25, 0.3) is 0 Å². The summed E-state index contributed by atoms with van der Waals surface area (Å²) in [5.74, 6) is -0.212. The van der Waals surface area contributed by atoms with E-state index in [4.69, 9.17) is 11.6 Å². The molecule has 0 radical (unpaired) electrons. The molecular weight excluding hydrogens is 190 g/mol. The quantitative estimate of drug-likeness (QED) is 0.618. The summed E-state index contributed by atoms with van der Waals surface area (Å²) < 4.78 is 4.57. The van der Waals surface area contributed by atoms with Gasteiger partial charge in [-0.2, -0.15) is 0 Å². The highest BCUT2D eigenvalue weighted by molar-refractivity contribution is 6.25. The predicted octanol–water partition coefficient (Wildman–Crippen LogP) is 1.62. The number of halogens is 1. The standard InChI is InChI=1S/C9H16ClNO2/c1-3-6-11(7-4-5-10)8-9(12)13-2/h4-5H,3,6-8H2,1-2H3. The number of nitrogens with zero attached hydrogens (tertiary/aromatic N) is 1. The summed E-state index contributed by atoms with van der Waals surface area (Å²) >= 11 is 5.39. The van der Waals surface area contributed by atoms with Crippen molar-refractivity contribution < 1.29 is 9.53 Å². The van der Waals surface area contributed by atoms with E-state index in [1.54, 1.807) is 6.08 Å². The van der Waals surface area contributed by atoms with E-state index in [9.17, 15) is 4.79 Å². The van der Waals surface area contributed by atoms with Gasteiger partial charge in [0.1, 0.15) is 0 Å². The molecule has 0 aromatic heterocycles. The van der Waals surface area contributed by atoms with Gasteiger partial charge in [0, 0.05) is 12.1 Å². The number of hydrogen-bond acceptors (Lipinski definition) is 3. The smallest absolute Gasteiger partial charge is 0.319 e. The molecule has 0 amide bonds. The first-order valence-corrected chi connectivity index (χ1v) is 4.72. The molecule has 0 N–H and O–H groups in total. The maximum atomic E-state index is 10.9. The molecule has 13 heavy (non-hydrogen) atoms. The van der Waals surface area contributed by atoms with Gasteiger partial charge in [-0.25, -0.2) is 0 Å². The van der Waals surface area contributed by atoms with Crippen molar-refractivity contribution in [3.05, 3.63) is 11.6 Å². The molecule has 0 heterocycles. The fourth-order valence-corrected chi connectivity index (χ4v) is 1.07. The first-order chi connectivity index (χ1) is 6.24. The molecule has 76 valence electrons. The Kier molecular flexibility index (Phi) is 7.74. The number of rotatable bonds is 6. The largest absolute Gasteiger partial charge is 0.468 e. The number of ether oxygens (including phenoxy) is 1. The van der Waals surface area contributed by atoms with Crippen molar-refractivity contribution in [1.29, 1.82) is 0 Å². The van der Waals surface area contributed by atoms with E-state index < -0.39 is 0 Å². The first-order valence-electron chi connectivity index (χ1n) is 4.29. The molecule has 0 spiro atoms. The van der Waals surface area contributed by atoms with E-state index in [2.05, 4.69) is 11.7 Å². The lowest BCUT2D eigenvalue weighted by molar-refractivity contribution is -0.141. The van der Waals surface area contributed by atoms with Gasteiger partial charge >= 0.3 is 5.97 Å². The van der Waals surface area contributed by atoms with Gasteiger partial charge in [-0.15, -0.1) is 0 Å². The summed E-state index contributed by atoms with van der Waals surface area (Å²) in [6, 6.07) is 0. The van der Waals surface area contributed by atoms with Crippen LogP contribution in [0.25, 0.3) is 0 Å². The van der Waals surface area contributed by atoms with Crippen molar-refractivity contribution >= 4 is 17.6 Å². The summed E-state index contributed by atoms with van der Waals surface area (Å²) in [6.07, 6.45) is 2.81. The Morgan fingerprint density at radius 2 is 2.31 bits per heavy atom. The maximum absolute atomic E-state index is 10.9. The van der Waals surface area contributed by atoms with Crippen LogP contribution in [0.5, 0.6) is 0 Å². The molecule has 0 aromatic carbocycles. The molecule has 0 aliphatic heterocycles. The third-order valence-corrected chi connectivity index (χ3v) is 1.75. The first kappa shape index (κ1) is 12.5. The van der Waals surface area contributed by atoms with Gasteiger partial charge in [0.2, 0.25) is 0 Å². The molecule has 0 unspecified atom stereocenters. The number of hydrogen-bond donors (Lipinski definition) is 0. The monoisotopic (exact) mass is 205 g/mol. The highest BCUT2D eigenvalue weighted by Crippen LogP contribution is 1.93. The maximum Gasteiger partial charge on any atom is 0.319 e. The SMILES string of the molecule is CCCN(CC=CCl)CC(=O)OC. The second-order valence-electron chi connectivity index (χ2n) is 2.67. The highest BCUT2D eigenvalue weighted by atomic mass is 35.5. The Balaban J connectivity index is 3.85. The summed E-state index contributed by atoms with van der Waals surface area (Å²) in [7, 11) is 1.39. The topological polar surface area (TPSA) is 29.5 Å². The zero-order valence-corrected chi connectivity index (χ0v) is 8.88. The van der Waals surface area contributed by atoms with Crippen molar-refractivity contribution in [3.63, 3.8) is 0 Å². The van der Waals surface area contributed by atoms with Crippen LogP contribution in [0.2, 0.25) is 0 Å². The fraction of sp³-hybridized carbons (Fsp3) is 0.667. The number of carbonyl (C=O) groups excluding carboxylic acids is 1. The Hall–Kier alpha value is -0.540. The molecule has 0 saturated carbocycles. The van der Waals surface area contributed by atoms with Crippen LogP contribution in [0.3, 0.4) is 0 Å². The van der Waals surface area contributed by atoms with Gasteiger partial charge in [-0.05, 0) is 13.0 Å². The zero-order chi connectivity index (χ0) is 10.1. The number of esters is 1. The lowest BCUT2D eigenvalue weighted by atomic mass is 10.4. The molecule has 0 rings (SSSR count). The second kappa shape index (κ2) is 8.08. The van der Waals surface area contributed by atoms with E-state index in [1.807, 2.05) is 4.90 Å². The van der Waals surface area contributed by atoms with Crippen molar-refractivity contribution in [2.75, 3.05) is 26.7 Å². The van der Waals surface area contributed by atoms with Crippen LogP contribution in [0, 0.1) is 0 Å². The Morgan fingerprint density at radius 1 is 1.62 bits per heavy atom. The van der Waals surface area contributed by atoms with Gasteiger partial charge in [0.15, 0.2) is 0 Å². The normalized spacial score (nSPS) is 11.1. The predicted molar refractivity (Wildman–Crippen MR) is 53.7 cm³/mol. The molecule has 3 nitrogen and oxygen atoms in total. The highest BCUT2D eigenvalue weighted by Gasteiger charge is 2.07.